The van der Waals surface area contributed by atoms with Crippen LogP contribution in [0.4, 0.5) is 11.4 Å². The Morgan fingerprint density at radius 3 is 2.52 bits per heavy atom. The smallest absolute Gasteiger partial charge is 0.264 e. The van der Waals surface area contributed by atoms with Crippen LogP contribution in [0.2, 0.25) is 0 Å². The molecule has 2 aliphatic carbocycles. The van der Waals surface area contributed by atoms with E-state index in [0.717, 1.165) is 54.3 Å². The summed E-state index contributed by atoms with van der Waals surface area (Å²) in [5, 5.41) is 14.7. The zero-order chi connectivity index (χ0) is 40.0. The molecule has 1 unspecified atom stereocenters. The van der Waals surface area contributed by atoms with Crippen LogP contribution >= 0.6 is 0 Å². The van der Waals surface area contributed by atoms with Crippen molar-refractivity contribution >= 4 is 51.8 Å². The number of ether oxygens (including phenoxy) is 2. The number of likely N-dealkylation sites (tertiary alicyclic amines) is 1. The van der Waals surface area contributed by atoms with Gasteiger partial charge in [0.1, 0.15) is 17.9 Å². The van der Waals surface area contributed by atoms with Gasteiger partial charge in [-0.15, -0.1) is 0 Å². The highest BCUT2D eigenvalue weighted by Crippen LogP contribution is 2.54. The first-order chi connectivity index (χ1) is 28.2. The molecule has 14 heteroatoms. The van der Waals surface area contributed by atoms with Crippen molar-refractivity contribution in [2.24, 2.45) is 17.3 Å². The number of nitrogens with one attached hydrogen (secondary N) is 3. The van der Waals surface area contributed by atoms with E-state index >= 15 is 0 Å². The van der Waals surface area contributed by atoms with E-state index in [0.29, 0.717) is 64.7 Å². The third-order valence-corrected chi connectivity index (χ3v) is 14.0. The molecule has 2 atom stereocenters. The van der Waals surface area contributed by atoms with Crippen LogP contribution in [-0.2, 0) is 19.1 Å². The van der Waals surface area contributed by atoms with Crippen molar-refractivity contribution in [3.05, 3.63) is 47.7 Å². The molecule has 5 heterocycles. The zero-order valence-electron chi connectivity index (χ0n) is 33.4. The van der Waals surface area contributed by atoms with Gasteiger partial charge in [0, 0.05) is 49.5 Å². The fourth-order valence-corrected chi connectivity index (χ4v) is 10.7. The average Bonchev–Trinajstić information content (AvgIpc) is 3.75. The monoisotopic (exact) mass is 793 g/mol. The third-order valence-electron chi connectivity index (χ3n) is 14.0. The van der Waals surface area contributed by atoms with Gasteiger partial charge in [-0.25, -0.2) is 0 Å². The number of imide groups is 2. The number of aromatic nitrogens is 2. The summed E-state index contributed by atoms with van der Waals surface area (Å²) in [4.78, 5) is 67.4. The van der Waals surface area contributed by atoms with Crippen molar-refractivity contribution in [3.63, 3.8) is 0 Å². The Hall–Kier alpha value is -4.82. The second-order valence-electron chi connectivity index (χ2n) is 17.7. The molecule has 14 nitrogen and oxygen atoms in total. The van der Waals surface area contributed by atoms with Crippen molar-refractivity contribution in [1.29, 1.82) is 0 Å². The first-order valence-electron chi connectivity index (χ1n) is 21.5. The largest absolute Gasteiger partial charge is 0.494 e. The van der Waals surface area contributed by atoms with Gasteiger partial charge in [-0.1, -0.05) is 6.07 Å². The van der Waals surface area contributed by atoms with E-state index < -0.39 is 29.9 Å². The molecular weight excluding hydrogens is 739 g/mol. The molecule has 1 aromatic heterocycles. The second kappa shape index (κ2) is 16.1. The minimum absolute atomic E-state index is 0.101. The molecule has 308 valence electrons. The lowest BCUT2D eigenvalue weighted by Gasteiger charge is -2.53. The lowest BCUT2D eigenvalue weighted by atomic mass is 9.57. The Kier molecular flexibility index (Phi) is 10.7. The molecule has 3 aromatic rings. The van der Waals surface area contributed by atoms with Crippen LogP contribution in [-0.4, -0.2) is 101 Å². The SMILES string of the molecule is COc1cc2nn([C@H]3CC[C@H](CN4CCC5(CC4)CC(CCNc4cccc6c4C(=O)N(C4CCC(=O)NC4=O)C6=O)C5)CC3)cc2cc1NC(=O)[C@H]1CCCCO1. The van der Waals surface area contributed by atoms with Gasteiger partial charge in [-0.3, -0.25) is 38.9 Å². The van der Waals surface area contributed by atoms with Crippen molar-refractivity contribution in [3.8, 4) is 5.75 Å². The molecule has 6 aliphatic rings. The first kappa shape index (κ1) is 38.7. The Balaban J connectivity index is 0.707. The normalized spacial score (nSPS) is 26.4. The molecule has 5 amide bonds. The number of nitrogens with zero attached hydrogens (tertiary/aromatic N) is 4. The van der Waals surface area contributed by atoms with Gasteiger partial charge in [0.05, 0.1) is 35.5 Å². The van der Waals surface area contributed by atoms with Gasteiger partial charge in [0.15, 0.2) is 0 Å². The summed E-state index contributed by atoms with van der Waals surface area (Å²) in [5.74, 6) is -0.0986. The van der Waals surface area contributed by atoms with E-state index in [1.807, 2.05) is 18.2 Å². The number of piperidine rings is 2. The fourth-order valence-electron chi connectivity index (χ4n) is 10.7. The lowest BCUT2D eigenvalue weighted by molar-refractivity contribution is -0.136. The highest BCUT2D eigenvalue weighted by Gasteiger charge is 2.47. The number of amides is 5. The summed E-state index contributed by atoms with van der Waals surface area (Å²) in [5.41, 5.74) is 3.23. The summed E-state index contributed by atoms with van der Waals surface area (Å²) in [6, 6.07) is 8.52. The number of hydrogen-bond acceptors (Lipinski definition) is 10. The van der Waals surface area contributed by atoms with Crippen LogP contribution < -0.4 is 20.7 Å². The molecule has 2 aromatic carbocycles. The van der Waals surface area contributed by atoms with Gasteiger partial charge >= 0.3 is 0 Å². The minimum Gasteiger partial charge on any atom is -0.494 e. The molecule has 0 radical (unpaired) electrons. The van der Waals surface area contributed by atoms with Crippen LogP contribution in [0.1, 0.15) is 117 Å². The van der Waals surface area contributed by atoms with Gasteiger partial charge in [-0.2, -0.15) is 5.10 Å². The van der Waals surface area contributed by atoms with Crippen LogP contribution in [0.5, 0.6) is 5.75 Å². The van der Waals surface area contributed by atoms with Crippen LogP contribution in [0.3, 0.4) is 0 Å². The third kappa shape index (κ3) is 7.60. The highest BCUT2D eigenvalue weighted by molar-refractivity contribution is 6.25. The summed E-state index contributed by atoms with van der Waals surface area (Å²) in [6.45, 7) is 4.84. The van der Waals surface area contributed by atoms with Gasteiger partial charge in [0.2, 0.25) is 11.8 Å². The molecule has 9 rings (SSSR count). The molecule has 3 N–H and O–H groups in total. The summed E-state index contributed by atoms with van der Waals surface area (Å²) in [7, 11) is 1.62. The van der Waals surface area contributed by atoms with Crippen LogP contribution in [0.25, 0.3) is 10.9 Å². The Labute approximate surface area is 338 Å². The maximum atomic E-state index is 13.4. The molecule has 58 heavy (non-hydrogen) atoms. The van der Waals surface area contributed by atoms with Crippen molar-refractivity contribution in [1.82, 2.24) is 24.9 Å². The van der Waals surface area contributed by atoms with Gasteiger partial charge in [-0.05, 0) is 132 Å². The molecule has 0 bridgehead atoms. The average molecular weight is 794 g/mol. The summed E-state index contributed by atoms with van der Waals surface area (Å²) < 4.78 is 13.5. The number of anilines is 2. The fraction of sp³-hybridized carbons (Fsp3) is 0.591. The van der Waals surface area contributed by atoms with Crippen molar-refractivity contribution in [2.75, 3.05) is 50.5 Å². The first-order valence-corrected chi connectivity index (χ1v) is 21.5. The number of carbonyl (C=O) groups is 5. The minimum atomic E-state index is -0.967. The van der Waals surface area contributed by atoms with Crippen molar-refractivity contribution < 1.29 is 33.4 Å². The molecular formula is C44H55N7O7. The molecule has 2 saturated carbocycles. The number of fused-ring (bicyclic) bond motifs is 2. The Morgan fingerprint density at radius 1 is 0.966 bits per heavy atom. The van der Waals surface area contributed by atoms with Crippen LogP contribution in [0.15, 0.2) is 36.5 Å². The zero-order valence-corrected chi connectivity index (χ0v) is 33.4. The maximum absolute atomic E-state index is 13.4. The van der Waals surface area contributed by atoms with E-state index in [2.05, 4.69) is 31.7 Å². The predicted molar refractivity (Wildman–Crippen MR) is 217 cm³/mol. The molecule has 5 fully saturated rings. The molecule has 1 spiro atoms. The van der Waals surface area contributed by atoms with E-state index in [1.165, 1.54) is 58.2 Å². The number of methoxy groups -OCH3 is 1. The highest BCUT2D eigenvalue weighted by atomic mass is 16.5. The number of carbonyl (C=O) groups excluding carboxylic acids is 5. The number of hydrogen-bond donors (Lipinski definition) is 3. The summed E-state index contributed by atoms with van der Waals surface area (Å²) in [6.07, 6.45) is 15.3. The predicted octanol–water partition coefficient (Wildman–Crippen LogP) is 5.68. The Bertz CT molecular complexity index is 2090. The van der Waals surface area contributed by atoms with E-state index in [1.54, 1.807) is 19.2 Å². The quantitative estimate of drug-likeness (QED) is 0.206. The summed E-state index contributed by atoms with van der Waals surface area (Å²) >= 11 is 0. The standard InChI is InChI=1S/C44H55N7O7/c1-57-37-22-33-29(21-34(37)46-41(54)36-7-2-3-20-58-36)26-50(48-33)30-10-8-27(9-11-30)25-49-18-15-44(16-19-49)23-28(24-44)14-17-45-32-6-4-5-31-39(32)43(56)51(42(31)55)35-12-13-38(52)47-40(35)53/h4-6,21-22,26-28,30,35-36,45H,2-3,7-20,23-25H2,1H3,(H,46,54)(H,47,52,53)/t27-,30-,35?,36-/m1/s1. The molecule has 4 aliphatic heterocycles. The van der Waals surface area contributed by atoms with E-state index in [9.17, 15) is 24.0 Å². The van der Waals surface area contributed by atoms with E-state index in [4.69, 9.17) is 14.6 Å². The van der Waals surface area contributed by atoms with Crippen LogP contribution in [0, 0.1) is 17.3 Å². The lowest BCUT2D eigenvalue weighted by Crippen LogP contribution is -2.54. The Morgan fingerprint density at radius 2 is 1.78 bits per heavy atom. The van der Waals surface area contributed by atoms with Gasteiger partial charge < -0.3 is 25.0 Å². The van der Waals surface area contributed by atoms with Gasteiger partial charge in [0.25, 0.3) is 17.7 Å². The van der Waals surface area contributed by atoms with Crippen molar-refractivity contribution in [2.45, 2.75) is 108 Å². The second-order valence-corrected chi connectivity index (χ2v) is 17.7. The topological polar surface area (TPSA) is 164 Å². The number of benzene rings is 2. The van der Waals surface area contributed by atoms with E-state index in [-0.39, 0.29) is 24.7 Å². The maximum Gasteiger partial charge on any atom is 0.264 e. The number of rotatable bonds is 11. The molecule has 3 saturated heterocycles.